The lowest BCUT2D eigenvalue weighted by molar-refractivity contribution is -0.104. The molecule has 2 heteroatoms. The molecular formula is C11H19NO. The number of allylic oxidation sites excluding steroid dienone is 2. The zero-order valence-corrected chi connectivity index (χ0v) is 8.41. The SMILES string of the molecule is CCN1CCC(C/C=C\C=O)CC1. The Labute approximate surface area is 80.6 Å². The first-order chi connectivity index (χ1) is 6.36. The zero-order chi connectivity index (χ0) is 9.52. The predicted octanol–water partition coefficient (Wildman–Crippen LogP) is 1.86. The number of carbonyl (C=O) groups excluding carboxylic acids is 1. The maximum absolute atomic E-state index is 10.0. The fraction of sp³-hybridized carbons (Fsp3) is 0.727. The Hall–Kier alpha value is -0.630. The molecule has 0 spiro atoms. The van der Waals surface area contributed by atoms with Crippen molar-refractivity contribution in [2.45, 2.75) is 26.2 Å². The third kappa shape index (κ3) is 3.73. The van der Waals surface area contributed by atoms with E-state index in [1.54, 1.807) is 6.08 Å². The number of hydrogen-bond donors (Lipinski definition) is 0. The molecular weight excluding hydrogens is 162 g/mol. The Morgan fingerprint density at radius 3 is 2.62 bits per heavy atom. The van der Waals surface area contributed by atoms with Gasteiger partial charge in [-0.15, -0.1) is 0 Å². The first kappa shape index (κ1) is 10.5. The van der Waals surface area contributed by atoms with Gasteiger partial charge in [0.15, 0.2) is 0 Å². The molecule has 0 aromatic carbocycles. The molecule has 1 heterocycles. The van der Waals surface area contributed by atoms with E-state index in [1.165, 1.54) is 32.5 Å². The van der Waals surface area contributed by atoms with Crippen LogP contribution in [-0.2, 0) is 4.79 Å². The Kier molecular flexibility index (Phi) is 4.76. The van der Waals surface area contributed by atoms with Crippen molar-refractivity contribution in [1.29, 1.82) is 0 Å². The van der Waals surface area contributed by atoms with Crippen molar-refractivity contribution in [2.24, 2.45) is 5.92 Å². The molecule has 0 aromatic heterocycles. The van der Waals surface area contributed by atoms with Crippen LogP contribution in [0, 0.1) is 5.92 Å². The quantitative estimate of drug-likeness (QED) is 0.487. The number of carbonyl (C=O) groups is 1. The first-order valence-corrected chi connectivity index (χ1v) is 5.19. The van der Waals surface area contributed by atoms with E-state index in [2.05, 4.69) is 11.8 Å². The summed E-state index contributed by atoms with van der Waals surface area (Å²) in [5.41, 5.74) is 0. The number of nitrogens with zero attached hydrogens (tertiary/aromatic N) is 1. The van der Waals surface area contributed by atoms with E-state index in [9.17, 15) is 4.79 Å². The van der Waals surface area contributed by atoms with Gasteiger partial charge in [-0.25, -0.2) is 0 Å². The monoisotopic (exact) mass is 181 g/mol. The van der Waals surface area contributed by atoms with Gasteiger partial charge in [-0.1, -0.05) is 13.0 Å². The minimum absolute atomic E-state index is 0.805. The van der Waals surface area contributed by atoms with Crippen molar-refractivity contribution in [3.05, 3.63) is 12.2 Å². The zero-order valence-electron chi connectivity index (χ0n) is 8.41. The van der Waals surface area contributed by atoms with E-state index >= 15 is 0 Å². The lowest BCUT2D eigenvalue weighted by Crippen LogP contribution is -2.33. The van der Waals surface area contributed by atoms with Gasteiger partial charge in [-0.3, -0.25) is 4.79 Å². The molecule has 0 saturated carbocycles. The number of hydrogen-bond acceptors (Lipinski definition) is 2. The van der Waals surface area contributed by atoms with Crippen molar-refractivity contribution in [3.63, 3.8) is 0 Å². The molecule has 1 fully saturated rings. The number of aldehydes is 1. The molecule has 13 heavy (non-hydrogen) atoms. The van der Waals surface area contributed by atoms with Crippen LogP contribution >= 0.6 is 0 Å². The molecule has 1 aliphatic heterocycles. The Balaban J connectivity index is 2.17. The average molecular weight is 181 g/mol. The van der Waals surface area contributed by atoms with E-state index in [-0.39, 0.29) is 0 Å². The maximum atomic E-state index is 10.0. The molecule has 0 atom stereocenters. The fourth-order valence-corrected chi connectivity index (χ4v) is 1.86. The highest BCUT2D eigenvalue weighted by molar-refractivity contribution is 5.64. The van der Waals surface area contributed by atoms with Crippen LogP contribution in [0.3, 0.4) is 0 Å². The third-order valence-corrected chi connectivity index (χ3v) is 2.84. The molecule has 0 unspecified atom stereocenters. The molecule has 0 N–H and O–H groups in total. The summed E-state index contributed by atoms with van der Waals surface area (Å²) in [5.74, 6) is 0.805. The van der Waals surface area contributed by atoms with Crippen molar-refractivity contribution in [1.82, 2.24) is 4.90 Å². The van der Waals surface area contributed by atoms with Crippen LogP contribution in [0.25, 0.3) is 0 Å². The van der Waals surface area contributed by atoms with Crippen LogP contribution in [0.2, 0.25) is 0 Å². The Morgan fingerprint density at radius 1 is 1.38 bits per heavy atom. The van der Waals surface area contributed by atoms with Crippen LogP contribution in [0.4, 0.5) is 0 Å². The van der Waals surface area contributed by atoms with Gasteiger partial charge < -0.3 is 4.90 Å². The highest BCUT2D eigenvalue weighted by Gasteiger charge is 2.16. The van der Waals surface area contributed by atoms with E-state index in [4.69, 9.17) is 0 Å². The summed E-state index contributed by atoms with van der Waals surface area (Å²) in [6.07, 6.45) is 8.14. The minimum Gasteiger partial charge on any atom is -0.304 e. The Morgan fingerprint density at radius 2 is 2.08 bits per heavy atom. The lowest BCUT2D eigenvalue weighted by atomic mass is 9.93. The third-order valence-electron chi connectivity index (χ3n) is 2.84. The van der Waals surface area contributed by atoms with Crippen LogP contribution in [0.15, 0.2) is 12.2 Å². The molecule has 1 saturated heterocycles. The summed E-state index contributed by atoms with van der Waals surface area (Å²) in [6.45, 7) is 5.86. The van der Waals surface area contributed by atoms with Gasteiger partial charge in [0.05, 0.1) is 0 Å². The van der Waals surface area contributed by atoms with Crippen LogP contribution in [0.1, 0.15) is 26.2 Å². The fourth-order valence-electron chi connectivity index (χ4n) is 1.86. The van der Waals surface area contributed by atoms with Crippen LogP contribution < -0.4 is 0 Å². The molecule has 0 amide bonds. The molecule has 0 radical (unpaired) electrons. The van der Waals surface area contributed by atoms with Crippen molar-refractivity contribution in [2.75, 3.05) is 19.6 Å². The van der Waals surface area contributed by atoms with E-state index < -0.39 is 0 Å². The van der Waals surface area contributed by atoms with E-state index in [0.717, 1.165) is 18.6 Å². The minimum atomic E-state index is 0.805. The van der Waals surface area contributed by atoms with Crippen molar-refractivity contribution >= 4 is 6.29 Å². The van der Waals surface area contributed by atoms with Gasteiger partial charge in [0.1, 0.15) is 6.29 Å². The van der Waals surface area contributed by atoms with Gasteiger partial charge in [-0.05, 0) is 50.9 Å². The topological polar surface area (TPSA) is 20.3 Å². The average Bonchev–Trinajstić information content (AvgIpc) is 2.19. The summed E-state index contributed by atoms with van der Waals surface area (Å²) >= 11 is 0. The molecule has 0 aliphatic carbocycles. The van der Waals surface area contributed by atoms with Crippen LogP contribution in [0.5, 0.6) is 0 Å². The largest absolute Gasteiger partial charge is 0.304 e. The van der Waals surface area contributed by atoms with Crippen molar-refractivity contribution in [3.8, 4) is 0 Å². The lowest BCUT2D eigenvalue weighted by Gasteiger charge is -2.30. The second kappa shape index (κ2) is 5.92. The van der Waals surface area contributed by atoms with Crippen LogP contribution in [-0.4, -0.2) is 30.8 Å². The van der Waals surface area contributed by atoms with E-state index in [0.29, 0.717) is 0 Å². The summed E-state index contributed by atoms with van der Waals surface area (Å²) in [6, 6.07) is 0. The molecule has 1 aliphatic rings. The maximum Gasteiger partial charge on any atom is 0.142 e. The highest BCUT2D eigenvalue weighted by Crippen LogP contribution is 2.20. The smallest absolute Gasteiger partial charge is 0.142 e. The van der Waals surface area contributed by atoms with Gasteiger partial charge in [0.2, 0.25) is 0 Å². The number of rotatable bonds is 4. The molecule has 2 nitrogen and oxygen atoms in total. The summed E-state index contributed by atoms with van der Waals surface area (Å²) < 4.78 is 0. The molecule has 0 aromatic rings. The van der Waals surface area contributed by atoms with Crippen molar-refractivity contribution < 1.29 is 4.79 Å². The van der Waals surface area contributed by atoms with Gasteiger partial charge in [-0.2, -0.15) is 0 Å². The highest BCUT2D eigenvalue weighted by atomic mass is 16.1. The van der Waals surface area contributed by atoms with E-state index in [1.807, 2.05) is 6.08 Å². The number of piperidine rings is 1. The summed E-state index contributed by atoms with van der Waals surface area (Å²) in [4.78, 5) is 12.5. The first-order valence-electron chi connectivity index (χ1n) is 5.19. The molecule has 1 rings (SSSR count). The number of likely N-dealkylation sites (tertiary alicyclic amines) is 1. The molecule has 0 bridgehead atoms. The summed E-state index contributed by atoms with van der Waals surface area (Å²) in [7, 11) is 0. The predicted molar refractivity (Wildman–Crippen MR) is 54.7 cm³/mol. The Bertz CT molecular complexity index is 169. The second-order valence-electron chi connectivity index (χ2n) is 3.68. The van der Waals surface area contributed by atoms with Gasteiger partial charge >= 0.3 is 0 Å². The normalized spacial score (nSPS) is 21.0. The second-order valence-corrected chi connectivity index (χ2v) is 3.68. The summed E-state index contributed by atoms with van der Waals surface area (Å²) in [5, 5.41) is 0. The van der Waals surface area contributed by atoms with Gasteiger partial charge in [0.25, 0.3) is 0 Å². The molecule has 74 valence electrons. The van der Waals surface area contributed by atoms with Gasteiger partial charge in [0, 0.05) is 0 Å². The standard InChI is InChI=1S/C11H19NO/c1-2-12-8-6-11(7-9-12)5-3-4-10-13/h3-4,10-11H,2,5-9H2,1H3/b4-3-.